The first kappa shape index (κ1) is 20.6. The van der Waals surface area contributed by atoms with Crippen molar-refractivity contribution in [1.29, 1.82) is 21.2 Å². The van der Waals surface area contributed by atoms with Gasteiger partial charge in [-0.05, 0) is 25.2 Å². The van der Waals surface area contributed by atoms with Gasteiger partial charge in [-0.1, -0.05) is 52.4 Å². The maximum absolute atomic E-state index is 10.4. The highest BCUT2D eigenvalue weighted by Crippen LogP contribution is 2.66. The van der Waals surface area contributed by atoms with Crippen LogP contribution in [-0.4, -0.2) is 17.8 Å². The van der Waals surface area contributed by atoms with Crippen LogP contribution in [0.25, 0.3) is 0 Å². The Labute approximate surface area is 167 Å². The molecule has 0 spiro atoms. The average Bonchev–Trinajstić information content (AvgIpc) is 2.86. The second kappa shape index (κ2) is 7.73. The van der Waals surface area contributed by atoms with E-state index in [-0.39, 0.29) is 11.8 Å². The smallest absolute Gasteiger partial charge is 0.217 e. The van der Waals surface area contributed by atoms with Crippen LogP contribution in [-0.2, 0) is 9.47 Å². The van der Waals surface area contributed by atoms with Crippen LogP contribution in [0.5, 0.6) is 0 Å². The summed E-state index contributed by atoms with van der Waals surface area (Å²) in [4.78, 5) is 0. The molecular weight excluding hydrogens is 352 g/mol. The molecule has 2 bridgehead atoms. The molecule has 3 aliphatic rings. The van der Waals surface area contributed by atoms with E-state index in [1.807, 2.05) is 6.92 Å². The predicted octanol–water partition coefficient (Wildman–Crippen LogP) is 4.82. The number of nitrogens with zero attached hydrogens (tertiary/aromatic N) is 3. The number of hydrogen-bond donors (Lipinski definition) is 1. The van der Waals surface area contributed by atoms with Crippen LogP contribution in [0.3, 0.4) is 0 Å². The molecule has 2 heterocycles. The van der Waals surface area contributed by atoms with E-state index in [0.717, 1.165) is 51.4 Å². The fourth-order valence-electron chi connectivity index (χ4n) is 5.73. The number of ether oxygens (including phenoxy) is 2. The topological polar surface area (TPSA) is 114 Å². The molecule has 5 unspecified atom stereocenters. The monoisotopic (exact) mass is 382 g/mol. The van der Waals surface area contributed by atoms with Crippen LogP contribution in [0.15, 0.2) is 0 Å². The largest absolute Gasteiger partial charge is 0.447 e. The van der Waals surface area contributed by atoms with Crippen molar-refractivity contribution >= 4 is 5.90 Å². The predicted molar refractivity (Wildman–Crippen MR) is 103 cm³/mol. The fraction of sp³-hybridized carbons (Fsp3) is 0.818. The molecule has 6 heteroatoms. The summed E-state index contributed by atoms with van der Waals surface area (Å²) in [5.74, 6) is -1.76. The van der Waals surface area contributed by atoms with Gasteiger partial charge in [0, 0.05) is 6.42 Å². The Bertz CT molecular complexity index is 731. The van der Waals surface area contributed by atoms with Crippen molar-refractivity contribution in [3.8, 4) is 18.2 Å². The zero-order valence-corrected chi connectivity index (χ0v) is 17.0. The lowest BCUT2D eigenvalue weighted by Gasteiger charge is -2.52. The third-order valence-electron chi connectivity index (χ3n) is 7.24. The summed E-state index contributed by atoms with van der Waals surface area (Å²) in [6.45, 7) is 4.15. The second-order valence-corrected chi connectivity index (χ2v) is 8.55. The van der Waals surface area contributed by atoms with Gasteiger partial charge in [-0.25, -0.2) is 0 Å². The van der Waals surface area contributed by atoms with Crippen molar-refractivity contribution in [2.75, 3.05) is 0 Å². The molecule has 0 aromatic rings. The molecule has 0 radical (unpaired) electrons. The molecule has 2 aliphatic heterocycles. The van der Waals surface area contributed by atoms with Crippen LogP contribution >= 0.6 is 0 Å². The van der Waals surface area contributed by atoms with E-state index in [1.165, 1.54) is 0 Å². The second-order valence-electron chi connectivity index (χ2n) is 8.55. The van der Waals surface area contributed by atoms with Crippen molar-refractivity contribution in [1.82, 2.24) is 0 Å². The first-order valence-corrected chi connectivity index (χ1v) is 10.7. The highest BCUT2D eigenvalue weighted by Gasteiger charge is 2.80. The minimum Gasteiger partial charge on any atom is -0.447 e. The quantitative estimate of drug-likeness (QED) is 0.732. The first-order valence-electron chi connectivity index (χ1n) is 10.7. The Morgan fingerprint density at radius 2 is 1.82 bits per heavy atom. The van der Waals surface area contributed by atoms with Crippen molar-refractivity contribution in [2.45, 2.75) is 89.9 Å². The van der Waals surface area contributed by atoms with Gasteiger partial charge in [-0.3, -0.25) is 5.41 Å². The van der Waals surface area contributed by atoms with Crippen LogP contribution < -0.4 is 0 Å². The van der Waals surface area contributed by atoms with Crippen molar-refractivity contribution in [3.63, 3.8) is 0 Å². The van der Waals surface area contributed by atoms with E-state index in [4.69, 9.17) is 14.9 Å². The van der Waals surface area contributed by atoms with Crippen molar-refractivity contribution in [2.24, 2.45) is 22.7 Å². The first-order chi connectivity index (χ1) is 13.5. The van der Waals surface area contributed by atoms with Crippen molar-refractivity contribution < 1.29 is 9.47 Å². The molecule has 1 aliphatic carbocycles. The minimum absolute atomic E-state index is 0.0234. The number of unbranched alkanes of at least 4 members (excludes halogenated alkanes) is 1. The number of nitrogens with one attached hydrogen (secondary N) is 1. The molecule has 2 saturated heterocycles. The molecule has 150 valence electrons. The summed E-state index contributed by atoms with van der Waals surface area (Å²) in [7, 11) is 0. The molecule has 6 nitrogen and oxygen atoms in total. The summed E-state index contributed by atoms with van der Waals surface area (Å²) < 4.78 is 12.6. The van der Waals surface area contributed by atoms with E-state index >= 15 is 0 Å². The van der Waals surface area contributed by atoms with Crippen LogP contribution in [0.2, 0.25) is 0 Å². The number of rotatable bonds is 5. The SMILES string of the molecule is CCCCC(CC)C1OC23CCCCCCC2C(C#N)(C(=N)O3)C1(C#N)C#N. The standard InChI is InChI=1S/C22H30N4O2/c1-3-5-10-16(4-2)18-20(13-23,14-24)21(15-25)17-11-8-6-7-9-12-22(17,27-18)28-19(21)26/h16-18,26H,3-12H2,1-2H3. The normalized spacial score (nSPS) is 37.2. The minimum atomic E-state index is -1.73. The fourth-order valence-corrected chi connectivity index (χ4v) is 5.73. The van der Waals surface area contributed by atoms with Gasteiger partial charge in [0.15, 0.2) is 10.8 Å². The Morgan fingerprint density at radius 1 is 1.11 bits per heavy atom. The zero-order valence-electron chi connectivity index (χ0n) is 17.0. The Balaban J connectivity index is 2.20. The van der Waals surface area contributed by atoms with Crippen LogP contribution in [0.4, 0.5) is 0 Å². The van der Waals surface area contributed by atoms with Crippen LogP contribution in [0, 0.1) is 62.1 Å². The van der Waals surface area contributed by atoms with Crippen molar-refractivity contribution in [3.05, 3.63) is 0 Å². The van der Waals surface area contributed by atoms with Gasteiger partial charge < -0.3 is 9.47 Å². The lowest BCUT2D eigenvalue weighted by molar-refractivity contribution is -0.297. The average molecular weight is 383 g/mol. The van der Waals surface area contributed by atoms with E-state index in [0.29, 0.717) is 12.8 Å². The molecule has 1 saturated carbocycles. The third kappa shape index (κ3) is 2.57. The summed E-state index contributed by atoms with van der Waals surface area (Å²) in [6.07, 6.45) is 7.99. The molecule has 0 aromatic carbocycles. The van der Waals surface area contributed by atoms with Gasteiger partial charge in [0.1, 0.15) is 0 Å². The zero-order chi connectivity index (χ0) is 20.4. The van der Waals surface area contributed by atoms with Crippen LogP contribution in [0.1, 0.15) is 78.1 Å². The van der Waals surface area contributed by atoms with Gasteiger partial charge in [0.05, 0.1) is 30.2 Å². The highest BCUT2D eigenvalue weighted by molar-refractivity contribution is 5.89. The van der Waals surface area contributed by atoms with Gasteiger partial charge in [-0.15, -0.1) is 0 Å². The highest BCUT2D eigenvalue weighted by atomic mass is 16.7. The van der Waals surface area contributed by atoms with E-state index in [2.05, 4.69) is 25.1 Å². The van der Waals surface area contributed by atoms with Gasteiger partial charge in [0.2, 0.25) is 11.7 Å². The lowest BCUT2D eigenvalue weighted by Crippen LogP contribution is -2.64. The molecule has 3 fully saturated rings. The lowest BCUT2D eigenvalue weighted by atomic mass is 9.51. The summed E-state index contributed by atoms with van der Waals surface area (Å²) in [6, 6.07) is 6.67. The summed E-state index contributed by atoms with van der Waals surface area (Å²) in [5, 5.41) is 39.5. The van der Waals surface area contributed by atoms with Gasteiger partial charge in [-0.2, -0.15) is 15.8 Å². The Hall–Kier alpha value is -2.10. The number of nitriles is 3. The number of hydrogen-bond acceptors (Lipinski definition) is 6. The van der Waals surface area contributed by atoms with Gasteiger partial charge in [0.25, 0.3) is 0 Å². The summed E-state index contributed by atoms with van der Waals surface area (Å²) >= 11 is 0. The molecule has 0 aromatic heterocycles. The van der Waals surface area contributed by atoms with E-state index in [1.54, 1.807) is 0 Å². The molecule has 1 N–H and O–H groups in total. The van der Waals surface area contributed by atoms with E-state index < -0.39 is 28.6 Å². The van der Waals surface area contributed by atoms with E-state index in [9.17, 15) is 15.8 Å². The summed E-state index contributed by atoms with van der Waals surface area (Å²) in [5.41, 5.74) is -3.28. The Morgan fingerprint density at radius 3 is 2.43 bits per heavy atom. The molecule has 28 heavy (non-hydrogen) atoms. The maximum Gasteiger partial charge on any atom is 0.217 e. The Kier molecular flexibility index (Phi) is 5.69. The van der Waals surface area contributed by atoms with Gasteiger partial charge >= 0.3 is 0 Å². The maximum atomic E-state index is 10.4. The third-order valence-corrected chi connectivity index (χ3v) is 7.24. The molecule has 3 rings (SSSR count). The molecular formula is C22H30N4O2. The molecule has 5 atom stereocenters. The molecule has 0 amide bonds.